The first-order valence-corrected chi connectivity index (χ1v) is 10.4. The van der Waals surface area contributed by atoms with Gasteiger partial charge >= 0.3 is 0 Å². The van der Waals surface area contributed by atoms with Crippen molar-refractivity contribution in [2.24, 2.45) is 0 Å². The van der Waals surface area contributed by atoms with E-state index in [1.807, 2.05) is 30.5 Å². The lowest BCUT2D eigenvalue weighted by Crippen LogP contribution is -2.28. The molecule has 3 aromatic heterocycles. The van der Waals surface area contributed by atoms with Gasteiger partial charge in [-0.1, -0.05) is 35.3 Å². The Kier molecular flexibility index (Phi) is 5.71. The minimum Gasteiger partial charge on any atom is -0.444 e. The zero-order chi connectivity index (χ0) is 20.4. The van der Waals surface area contributed by atoms with Crippen LogP contribution in [0.15, 0.2) is 52.6 Å². The number of hydrogen-bond donors (Lipinski definition) is 2. The second kappa shape index (κ2) is 8.41. The summed E-state index contributed by atoms with van der Waals surface area (Å²) in [5, 5.41) is 5.82. The highest BCUT2D eigenvalue weighted by Gasteiger charge is 2.16. The van der Waals surface area contributed by atoms with E-state index in [4.69, 9.17) is 27.6 Å². The van der Waals surface area contributed by atoms with E-state index in [0.29, 0.717) is 27.5 Å². The molecule has 0 aliphatic carbocycles. The van der Waals surface area contributed by atoms with E-state index in [1.165, 1.54) is 17.6 Å². The minimum absolute atomic E-state index is 0.125. The molecule has 148 valence electrons. The van der Waals surface area contributed by atoms with Gasteiger partial charge in [-0.15, -0.1) is 11.3 Å². The van der Waals surface area contributed by atoms with Gasteiger partial charge in [0, 0.05) is 5.56 Å². The first-order valence-electron chi connectivity index (χ1n) is 8.77. The maximum atomic E-state index is 12.4. The molecule has 4 rings (SSSR count). The molecule has 0 spiro atoms. The molecular formula is C20H16Cl2N4O2S. The van der Waals surface area contributed by atoms with Crippen molar-refractivity contribution in [2.45, 2.75) is 19.4 Å². The molecule has 2 N–H and O–H groups in total. The summed E-state index contributed by atoms with van der Waals surface area (Å²) in [5.41, 5.74) is 2.23. The number of thiophene rings is 1. The van der Waals surface area contributed by atoms with Crippen LogP contribution in [0, 0.1) is 0 Å². The van der Waals surface area contributed by atoms with Gasteiger partial charge in [-0.25, -0.2) is 9.97 Å². The third-order valence-electron chi connectivity index (χ3n) is 4.24. The number of rotatable bonds is 6. The summed E-state index contributed by atoms with van der Waals surface area (Å²) < 4.78 is 5.45. The average Bonchev–Trinajstić information content (AvgIpc) is 3.45. The van der Waals surface area contributed by atoms with Gasteiger partial charge in [-0.05, 0) is 30.5 Å². The molecule has 0 aliphatic heterocycles. The molecule has 1 atom stereocenters. The first kappa shape index (κ1) is 19.7. The fraction of sp³-hybridized carbons (Fsp3) is 0.150. The number of benzene rings is 1. The van der Waals surface area contributed by atoms with Crippen molar-refractivity contribution in [1.29, 1.82) is 0 Å². The number of nitrogens with one attached hydrogen (secondary N) is 2. The molecule has 0 fully saturated rings. The van der Waals surface area contributed by atoms with Crippen LogP contribution in [-0.4, -0.2) is 20.9 Å². The smallest absolute Gasteiger partial charge is 0.236 e. The van der Waals surface area contributed by atoms with Crippen LogP contribution in [0.25, 0.3) is 22.0 Å². The van der Waals surface area contributed by atoms with E-state index < -0.39 is 0 Å². The highest BCUT2D eigenvalue weighted by molar-refractivity contribution is 7.13. The number of carbonyl (C=O) groups is 1. The van der Waals surface area contributed by atoms with E-state index in [-0.39, 0.29) is 18.4 Å². The maximum absolute atomic E-state index is 12.4. The molecule has 0 radical (unpaired) electrons. The third kappa shape index (κ3) is 4.53. The number of oxazole rings is 1. The number of imidazole rings is 1. The van der Waals surface area contributed by atoms with Gasteiger partial charge in [-0.3, -0.25) is 4.79 Å². The van der Waals surface area contributed by atoms with Gasteiger partial charge in [0.05, 0.1) is 45.0 Å². The molecule has 4 aromatic rings. The Morgan fingerprint density at radius 1 is 1.31 bits per heavy atom. The lowest BCUT2D eigenvalue weighted by molar-refractivity contribution is -0.121. The molecule has 0 saturated heterocycles. The zero-order valence-electron chi connectivity index (χ0n) is 15.3. The Morgan fingerprint density at radius 3 is 2.93 bits per heavy atom. The molecule has 1 unspecified atom stereocenters. The average molecular weight is 447 g/mol. The van der Waals surface area contributed by atoms with Crippen molar-refractivity contribution >= 4 is 40.4 Å². The summed E-state index contributed by atoms with van der Waals surface area (Å²) in [6, 6.07) is 8.89. The topological polar surface area (TPSA) is 83.8 Å². The van der Waals surface area contributed by atoms with E-state index >= 15 is 0 Å². The molecule has 0 saturated carbocycles. The van der Waals surface area contributed by atoms with Crippen molar-refractivity contribution in [3.63, 3.8) is 0 Å². The van der Waals surface area contributed by atoms with Crippen molar-refractivity contribution in [1.82, 2.24) is 20.3 Å². The SMILES string of the molecule is CC(NC(=O)Cc1coc(-c2cccs2)n1)c1ncc(-c2ccc(Cl)c(Cl)c2)[nH]1. The number of hydrogen-bond acceptors (Lipinski definition) is 5. The molecule has 29 heavy (non-hydrogen) atoms. The quantitative estimate of drug-likeness (QED) is 0.408. The lowest BCUT2D eigenvalue weighted by atomic mass is 10.2. The molecule has 0 aliphatic rings. The summed E-state index contributed by atoms with van der Waals surface area (Å²) in [5.74, 6) is 0.989. The molecule has 6 nitrogen and oxygen atoms in total. The predicted molar refractivity (Wildman–Crippen MR) is 114 cm³/mol. The van der Waals surface area contributed by atoms with E-state index in [9.17, 15) is 4.79 Å². The van der Waals surface area contributed by atoms with Crippen LogP contribution in [-0.2, 0) is 11.2 Å². The Bertz CT molecular complexity index is 1140. The van der Waals surface area contributed by atoms with Crippen molar-refractivity contribution in [3.05, 3.63) is 69.7 Å². The number of carbonyl (C=O) groups excluding carboxylic acids is 1. The van der Waals surface area contributed by atoms with Gasteiger partial charge in [0.25, 0.3) is 0 Å². The molecule has 1 aromatic carbocycles. The summed E-state index contributed by atoms with van der Waals surface area (Å²) in [6.45, 7) is 1.86. The lowest BCUT2D eigenvalue weighted by Gasteiger charge is -2.10. The van der Waals surface area contributed by atoms with Gasteiger partial charge in [0.2, 0.25) is 11.8 Å². The molecule has 3 heterocycles. The van der Waals surface area contributed by atoms with Crippen LogP contribution in [0.5, 0.6) is 0 Å². The van der Waals surface area contributed by atoms with E-state index in [2.05, 4.69) is 20.3 Å². The fourth-order valence-corrected chi connectivity index (χ4v) is 3.75. The van der Waals surface area contributed by atoms with E-state index in [1.54, 1.807) is 18.3 Å². The number of amides is 1. The first-order chi connectivity index (χ1) is 14.0. The van der Waals surface area contributed by atoms with Crippen LogP contribution in [0.1, 0.15) is 24.5 Å². The monoisotopic (exact) mass is 446 g/mol. The van der Waals surface area contributed by atoms with Gasteiger partial charge in [0.1, 0.15) is 12.1 Å². The van der Waals surface area contributed by atoms with Crippen molar-refractivity contribution < 1.29 is 9.21 Å². The van der Waals surface area contributed by atoms with Gasteiger partial charge in [0.15, 0.2) is 0 Å². The number of nitrogens with zero attached hydrogens (tertiary/aromatic N) is 2. The summed E-state index contributed by atoms with van der Waals surface area (Å²) >= 11 is 13.6. The van der Waals surface area contributed by atoms with Crippen LogP contribution in [0.3, 0.4) is 0 Å². The summed E-state index contributed by atoms with van der Waals surface area (Å²) in [6.07, 6.45) is 3.33. The maximum Gasteiger partial charge on any atom is 0.236 e. The Labute approximate surface area is 180 Å². The summed E-state index contributed by atoms with van der Waals surface area (Å²) in [4.78, 5) is 25.3. The Morgan fingerprint density at radius 2 is 2.17 bits per heavy atom. The second-order valence-electron chi connectivity index (χ2n) is 6.40. The Hall–Kier alpha value is -2.61. The highest BCUT2D eigenvalue weighted by Crippen LogP contribution is 2.28. The Balaban J connectivity index is 1.39. The molecule has 1 amide bonds. The molecule has 0 bridgehead atoms. The predicted octanol–water partition coefficient (Wildman–Crippen LogP) is 5.52. The second-order valence-corrected chi connectivity index (χ2v) is 8.16. The van der Waals surface area contributed by atoms with Crippen LogP contribution >= 0.6 is 34.5 Å². The van der Waals surface area contributed by atoms with E-state index in [0.717, 1.165) is 16.1 Å². The minimum atomic E-state index is -0.303. The molecule has 9 heteroatoms. The number of halogens is 2. The fourth-order valence-electron chi connectivity index (χ4n) is 2.79. The van der Waals surface area contributed by atoms with Gasteiger partial charge in [-0.2, -0.15) is 0 Å². The van der Waals surface area contributed by atoms with Crippen LogP contribution in [0.4, 0.5) is 0 Å². The highest BCUT2D eigenvalue weighted by atomic mass is 35.5. The molecular weight excluding hydrogens is 431 g/mol. The van der Waals surface area contributed by atoms with Crippen LogP contribution in [0.2, 0.25) is 10.0 Å². The van der Waals surface area contributed by atoms with Crippen molar-refractivity contribution in [3.8, 4) is 22.0 Å². The van der Waals surface area contributed by atoms with Gasteiger partial charge < -0.3 is 14.7 Å². The normalized spacial score (nSPS) is 12.1. The zero-order valence-corrected chi connectivity index (χ0v) is 17.6. The number of H-pyrrole nitrogens is 1. The largest absolute Gasteiger partial charge is 0.444 e. The summed E-state index contributed by atoms with van der Waals surface area (Å²) in [7, 11) is 0. The number of aromatic amines is 1. The van der Waals surface area contributed by atoms with Crippen molar-refractivity contribution in [2.75, 3.05) is 0 Å². The standard InChI is InChI=1S/C20H16Cl2N4O2S/c1-11(19-23-9-16(26-19)12-4-5-14(21)15(22)7-12)24-18(27)8-13-10-28-20(25-13)17-3-2-6-29-17/h2-7,9-11H,8H2,1H3,(H,23,26)(H,24,27). The number of aromatic nitrogens is 3. The third-order valence-corrected chi connectivity index (χ3v) is 5.84. The van der Waals surface area contributed by atoms with Crippen LogP contribution < -0.4 is 5.32 Å².